The molecular formula is C13H16F2N2O3. The van der Waals surface area contributed by atoms with Gasteiger partial charge in [-0.3, -0.25) is 4.79 Å². The van der Waals surface area contributed by atoms with E-state index in [1.165, 1.54) is 12.1 Å². The molecule has 0 saturated carbocycles. The highest BCUT2D eigenvalue weighted by Gasteiger charge is 2.21. The smallest absolute Gasteiger partial charge is 0.387 e. The van der Waals surface area contributed by atoms with E-state index in [9.17, 15) is 13.6 Å². The lowest BCUT2D eigenvalue weighted by Crippen LogP contribution is -2.47. The van der Waals surface area contributed by atoms with Gasteiger partial charge in [0, 0.05) is 19.6 Å². The van der Waals surface area contributed by atoms with Gasteiger partial charge in [-0.2, -0.15) is 8.78 Å². The molecule has 0 aliphatic carbocycles. The van der Waals surface area contributed by atoms with E-state index in [1.54, 1.807) is 12.1 Å². The van der Waals surface area contributed by atoms with E-state index in [2.05, 4.69) is 15.4 Å². The maximum absolute atomic E-state index is 12.0. The molecule has 5 nitrogen and oxygen atoms in total. The van der Waals surface area contributed by atoms with Gasteiger partial charge in [0.05, 0.1) is 6.61 Å². The summed E-state index contributed by atoms with van der Waals surface area (Å²) in [6.07, 6.45) is -0.481. The number of ether oxygens (including phenoxy) is 2. The van der Waals surface area contributed by atoms with Crippen LogP contribution in [0.3, 0.4) is 0 Å². The van der Waals surface area contributed by atoms with Crippen molar-refractivity contribution in [3.05, 3.63) is 29.8 Å². The maximum Gasteiger partial charge on any atom is 0.387 e. The summed E-state index contributed by atoms with van der Waals surface area (Å²) in [6, 6.07) is 6.12. The Morgan fingerprint density at radius 2 is 2.20 bits per heavy atom. The maximum atomic E-state index is 12.0. The number of carbonyl (C=O) groups excluding carboxylic acids is 1. The highest BCUT2D eigenvalue weighted by Crippen LogP contribution is 2.14. The molecule has 0 radical (unpaired) electrons. The lowest BCUT2D eigenvalue weighted by atomic mass is 10.2. The summed E-state index contributed by atoms with van der Waals surface area (Å²) in [5.41, 5.74) is 0.795. The Kier molecular flexibility index (Phi) is 5.25. The highest BCUT2D eigenvalue weighted by atomic mass is 19.3. The summed E-state index contributed by atoms with van der Waals surface area (Å²) in [7, 11) is 0. The van der Waals surface area contributed by atoms with Gasteiger partial charge in [0.15, 0.2) is 0 Å². The minimum absolute atomic E-state index is 0.0925. The van der Waals surface area contributed by atoms with Crippen molar-refractivity contribution in [2.45, 2.75) is 19.3 Å². The third kappa shape index (κ3) is 4.43. The Morgan fingerprint density at radius 1 is 1.45 bits per heavy atom. The Morgan fingerprint density at radius 3 is 2.80 bits per heavy atom. The zero-order chi connectivity index (χ0) is 14.4. The second-order valence-corrected chi connectivity index (χ2v) is 4.30. The summed E-state index contributed by atoms with van der Waals surface area (Å²) in [5, 5.41) is 5.80. The molecule has 2 rings (SSSR count). The molecule has 1 fully saturated rings. The number of hydrogen-bond donors (Lipinski definition) is 2. The first-order valence-electron chi connectivity index (χ1n) is 6.29. The van der Waals surface area contributed by atoms with Crippen LogP contribution in [-0.2, 0) is 16.1 Å². The average molecular weight is 286 g/mol. The second-order valence-electron chi connectivity index (χ2n) is 4.30. The van der Waals surface area contributed by atoms with Gasteiger partial charge in [-0.05, 0) is 17.7 Å². The number of morpholine rings is 1. The van der Waals surface area contributed by atoms with Gasteiger partial charge in [-0.15, -0.1) is 0 Å². The van der Waals surface area contributed by atoms with E-state index in [-0.39, 0.29) is 11.7 Å². The minimum atomic E-state index is -2.84. The number of hydrogen-bond acceptors (Lipinski definition) is 4. The Hall–Kier alpha value is -1.73. The van der Waals surface area contributed by atoms with Gasteiger partial charge in [-0.25, -0.2) is 0 Å². The van der Waals surface area contributed by atoms with Crippen LogP contribution >= 0.6 is 0 Å². The first kappa shape index (κ1) is 14.7. The Labute approximate surface area is 115 Å². The van der Waals surface area contributed by atoms with E-state index in [1.807, 2.05) is 0 Å². The zero-order valence-electron chi connectivity index (χ0n) is 10.8. The summed E-state index contributed by atoms with van der Waals surface area (Å²) < 4.78 is 33.5. The van der Waals surface area contributed by atoms with E-state index < -0.39 is 12.7 Å². The molecule has 1 unspecified atom stereocenters. The lowest BCUT2D eigenvalue weighted by molar-refractivity contribution is -0.134. The summed E-state index contributed by atoms with van der Waals surface area (Å²) >= 11 is 0. The molecule has 110 valence electrons. The van der Waals surface area contributed by atoms with Crippen molar-refractivity contribution in [2.24, 2.45) is 0 Å². The van der Waals surface area contributed by atoms with Crippen LogP contribution in [0.5, 0.6) is 5.75 Å². The third-order valence-corrected chi connectivity index (χ3v) is 2.84. The fraction of sp³-hybridized carbons (Fsp3) is 0.462. The SMILES string of the molecule is O=C(NCc1ccc(OC(F)F)cc1)C1CNCCO1. The van der Waals surface area contributed by atoms with Gasteiger partial charge in [0.25, 0.3) is 5.91 Å². The van der Waals surface area contributed by atoms with Crippen LogP contribution in [0.4, 0.5) is 8.78 Å². The Bertz CT molecular complexity index is 434. The molecule has 2 N–H and O–H groups in total. The largest absolute Gasteiger partial charge is 0.435 e. The van der Waals surface area contributed by atoms with Crippen molar-refractivity contribution in [3.63, 3.8) is 0 Å². The summed E-state index contributed by atoms with van der Waals surface area (Å²) in [4.78, 5) is 11.8. The van der Waals surface area contributed by atoms with Crippen molar-refractivity contribution in [1.29, 1.82) is 0 Å². The predicted molar refractivity (Wildman–Crippen MR) is 67.5 cm³/mol. The first-order chi connectivity index (χ1) is 9.65. The molecule has 0 aromatic heterocycles. The van der Waals surface area contributed by atoms with Crippen molar-refractivity contribution >= 4 is 5.91 Å². The van der Waals surface area contributed by atoms with Crippen molar-refractivity contribution in [3.8, 4) is 5.75 Å². The molecule has 1 aromatic rings. The van der Waals surface area contributed by atoms with E-state index in [4.69, 9.17) is 4.74 Å². The van der Waals surface area contributed by atoms with Crippen LogP contribution < -0.4 is 15.4 Å². The zero-order valence-corrected chi connectivity index (χ0v) is 10.8. The summed E-state index contributed by atoms with van der Waals surface area (Å²) in [5.74, 6) is -0.0972. The number of carbonyl (C=O) groups is 1. The number of halogens is 2. The van der Waals surface area contributed by atoms with Gasteiger partial charge in [0.2, 0.25) is 0 Å². The van der Waals surface area contributed by atoms with E-state index in [0.717, 1.165) is 12.1 Å². The van der Waals surface area contributed by atoms with Crippen molar-refractivity contribution in [1.82, 2.24) is 10.6 Å². The molecule has 0 bridgehead atoms. The molecule has 1 amide bonds. The lowest BCUT2D eigenvalue weighted by Gasteiger charge is -2.22. The Balaban J connectivity index is 1.79. The fourth-order valence-electron chi connectivity index (χ4n) is 1.83. The number of rotatable bonds is 5. The molecule has 20 heavy (non-hydrogen) atoms. The van der Waals surface area contributed by atoms with Crippen molar-refractivity contribution < 1.29 is 23.0 Å². The number of nitrogens with one attached hydrogen (secondary N) is 2. The van der Waals surface area contributed by atoms with Crippen LogP contribution in [-0.4, -0.2) is 38.3 Å². The quantitative estimate of drug-likeness (QED) is 0.844. The number of alkyl halides is 2. The molecular weight excluding hydrogens is 270 g/mol. The average Bonchev–Trinajstić information content (AvgIpc) is 2.46. The molecule has 1 saturated heterocycles. The van der Waals surface area contributed by atoms with E-state index >= 15 is 0 Å². The predicted octanol–water partition coefficient (Wildman–Crippen LogP) is 0.893. The highest BCUT2D eigenvalue weighted by molar-refractivity contribution is 5.81. The molecule has 1 atom stereocenters. The number of benzene rings is 1. The normalized spacial score (nSPS) is 18.9. The van der Waals surface area contributed by atoms with Crippen LogP contribution in [0.1, 0.15) is 5.56 Å². The van der Waals surface area contributed by atoms with E-state index in [0.29, 0.717) is 19.7 Å². The fourth-order valence-corrected chi connectivity index (χ4v) is 1.83. The van der Waals surface area contributed by atoms with Crippen LogP contribution in [0.25, 0.3) is 0 Å². The standard InChI is InChI=1S/C13H16F2N2O3/c14-13(15)20-10-3-1-9(2-4-10)7-17-12(18)11-8-16-5-6-19-11/h1-4,11,13,16H,5-8H2,(H,17,18). The molecule has 7 heteroatoms. The molecule has 1 aliphatic rings. The molecule has 1 aliphatic heterocycles. The van der Waals surface area contributed by atoms with Crippen molar-refractivity contribution in [2.75, 3.05) is 19.7 Å². The van der Waals surface area contributed by atoms with Gasteiger partial charge in [0.1, 0.15) is 11.9 Å². The van der Waals surface area contributed by atoms with Crippen LogP contribution in [0.15, 0.2) is 24.3 Å². The van der Waals surface area contributed by atoms with Crippen LogP contribution in [0, 0.1) is 0 Å². The van der Waals surface area contributed by atoms with Crippen LogP contribution in [0.2, 0.25) is 0 Å². The van der Waals surface area contributed by atoms with Gasteiger partial charge < -0.3 is 20.1 Å². The topological polar surface area (TPSA) is 59.6 Å². The minimum Gasteiger partial charge on any atom is -0.435 e. The van der Waals surface area contributed by atoms with Gasteiger partial charge in [-0.1, -0.05) is 12.1 Å². The molecule has 1 aromatic carbocycles. The van der Waals surface area contributed by atoms with Gasteiger partial charge >= 0.3 is 6.61 Å². The molecule has 1 heterocycles. The third-order valence-electron chi connectivity index (χ3n) is 2.84. The first-order valence-corrected chi connectivity index (χ1v) is 6.29. The summed E-state index contributed by atoms with van der Waals surface area (Å²) in [6.45, 7) is -0.773. The number of amides is 1. The molecule has 0 spiro atoms. The monoisotopic (exact) mass is 286 g/mol. The second kappa shape index (κ2) is 7.16.